The Kier molecular flexibility index (Phi) is 2.26. The monoisotopic (exact) mass is 156 g/mol. The van der Waals surface area contributed by atoms with Gasteiger partial charge in [-0.3, -0.25) is 10.6 Å². The van der Waals surface area contributed by atoms with Crippen LogP contribution in [0, 0.1) is 0 Å². The smallest absolute Gasteiger partial charge is 0.0464 e. The number of hydrogen-bond acceptors (Lipinski definition) is 2. The summed E-state index contributed by atoms with van der Waals surface area (Å²) in [4.78, 5) is 0. The lowest BCUT2D eigenvalue weighted by molar-refractivity contribution is 0.232. The van der Waals surface area contributed by atoms with Crippen molar-refractivity contribution in [1.29, 1.82) is 0 Å². The Morgan fingerprint density at radius 1 is 1.00 bits per heavy atom. The predicted octanol–water partition coefficient (Wildman–Crippen LogP) is 1.47. The first-order valence-corrected chi connectivity index (χ1v) is 4.58. The fraction of sp³-hybridized carbons (Fsp3) is 1.00. The van der Waals surface area contributed by atoms with Crippen molar-refractivity contribution in [2.75, 3.05) is 6.67 Å². The van der Waals surface area contributed by atoms with E-state index in [-0.39, 0.29) is 11.1 Å². The molecule has 0 amide bonds. The van der Waals surface area contributed by atoms with Gasteiger partial charge in [0, 0.05) is 17.7 Å². The summed E-state index contributed by atoms with van der Waals surface area (Å²) in [5.41, 5.74) is 0.559. The first kappa shape index (κ1) is 9.01. The Labute approximate surface area is 69.8 Å². The standard InChI is InChI=1S/C9H20N2/c1-5-8(3)9(4,6-2)11-7-10-8/h10-11H,5-7H2,1-4H3/t8-,9-/m1/s1. The third kappa shape index (κ3) is 1.18. The predicted molar refractivity (Wildman–Crippen MR) is 48.5 cm³/mol. The third-order valence-electron chi connectivity index (χ3n) is 3.59. The van der Waals surface area contributed by atoms with Gasteiger partial charge in [0.25, 0.3) is 0 Å². The quantitative estimate of drug-likeness (QED) is 0.632. The normalized spacial score (nSPS) is 44.7. The van der Waals surface area contributed by atoms with Crippen LogP contribution < -0.4 is 10.6 Å². The van der Waals surface area contributed by atoms with E-state index in [2.05, 4.69) is 38.3 Å². The molecule has 2 atom stereocenters. The fourth-order valence-corrected chi connectivity index (χ4v) is 1.85. The maximum Gasteiger partial charge on any atom is 0.0464 e. The van der Waals surface area contributed by atoms with E-state index in [9.17, 15) is 0 Å². The highest BCUT2D eigenvalue weighted by atomic mass is 15.3. The van der Waals surface area contributed by atoms with Gasteiger partial charge in [-0.2, -0.15) is 0 Å². The van der Waals surface area contributed by atoms with Gasteiger partial charge in [0.05, 0.1) is 0 Å². The molecule has 66 valence electrons. The van der Waals surface area contributed by atoms with Gasteiger partial charge in [0.15, 0.2) is 0 Å². The highest BCUT2D eigenvalue weighted by molar-refractivity contribution is 5.08. The zero-order valence-electron chi connectivity index (χ0n) is 8.12. The van der Waals surface area contributed by atoms with E-state index >= 15 is 0 Å². The molecule has 0 aromatic rings. The largest absolute Gasteiger partial charge is 0.297 e. The van der Waals surface area contributed by atoms with Gasteiger partial charge < -0.3 is 0 Å². The molecule has 0 bridgehead atoms. The molecule has 1 aliphatic heterocycles. The average molecular weight is 156 g/mol. The van der Waals surface area contributed by atoms with Crippen LogP contribution in [-0.4, -0.2) is 17.7 Å². The molecule has 1 rings (SSSR count). The van der Waals surface area contributed by atoms with Crippen molar-refractivity contribution in [2.24, 2.45) is 0 Å². The molecule has 0 aromatic carbocycles. The van der Waals surface area contributed by atoms with E-state index in [0.29, 0.717) is 0 Å². The molecule has 2 nitrogen and oxygen atoms in total. The van der Waals surface area contributed by atoms with Crippen LogP contribution in [0.4, 0.5) is 0 Å². The van der Waals surface area contributed by atoms with Crippen molar-refractivity contribution in [3.8, 4) is 0 Å². The summed E-state index contributed by atoms with van der Waals surface area (Å²) in [6, 6.07) is 0. The van der Waals surface area contributed by atoms with Crippen molar-refractivity contribution in [1.82, 2.24) is 10.6 Å². The first-order valence-electron chi connectivity index (χ1n) is 4.58. The second-order valence-corrected chi connectivity index (χ2v) is 3.90. The molecule has 0 aliphatic carbocycles. The minimum atomic E-state index is 0.280. The van der Waals surface area contributed by atoms with Gasteiger partial charge in [0.2, 0.25) is 0 Å². The lowest BCUT2D eigenvalue weighted by atomic mass is 9.77. The third-order valence-corrected chi connectivity index (χ3v) is 3.59. The highest BCUT2D eigenvalue weighted by Crippen LogP contribution is 2.31. The molecule has 1 aliphatic rings. The van der Waals surface area contributed by atoms with Gasteiger partial charge in [0.1, 0.15) is 0 Å². The maximum atomic E-state index is 3.51. The van der Waals surface area contributed by atoms with Crippen LogP contribution in [0.3, 0.4) is 0 Å². The van der Waals surface area contributed by atoms with Crippen LogP contribution >= 0.6 is 0 Å². The highest BCUT2D eigenvalue weighted by Gasteiger charge is 2.45. The van der Waals surface area contributed by atoms with E-state index < -0.39 is 0 Å². The molecule has 0 radical (unpaired) electrons. The van der Waals surface area contributed by atoms with Gasteiger partial charge >= 0.3 is 0 Å². The molecule has 1 fully saturated rings. The second-order valence-electron chi connectivity index (χ2n) is 3.90. The molecule has 0 saturated carbocycles. The minimum absolute atomic E-state index is 0.280. The van der Waals surface area contributed by atoms with E-state index in [0.717, 1.165) is 6.67 Å². The molecule has 1 heterocycles. The summed E-state index contributed by atoms with van der Waals surface area (Å²) < 4.78 is 0. The van der Waals surface area contributed by atoms with E-state index in [1.54, 1.807) is 0 Å². The van der Waals surface area contributed by atoms with Gasteiger partial charge in [-0.15, -0.1) is 0 Å². The van der Waals surface area contributed by atoms with Crippen LogP contribution in [0.25, 0.3) is 0 Å². The Hall–Kier alpha value is -0.0800. The van der Waals surface area contributed by atoms with Gasteiger partial charge in [-0.1, -0.05) is 13.8 Å². The van der Waals surface area contributed by atoms with Crippen LogP contribution in [0.1, 0.15) is 40.5 Å². The SMILES string of the molecule is CC[C@@]1(C)NCN[C@]1(C)CC. The summed E-state index contributed by atoms with van der Waals surface area (Å²) in [5.74, 6) is 0. The summed E-state index contributed by atoms with van der Waals surface area (Å²) >= 11 is 0. The zero-order valence-corrected chi connectivity index (χ0v) is 8.12. The van der Waals surface area contributed by atoms with E-state index in [1.807, 2.05) is 0 Å². The van der Waals surface area contributed by atoms with E-state index in [1.165, 1.54) is 12.8 Å². The first-order chi connectivity index (χ1) is 5.08. The summed E-state index contributed by atoms with van der Waals surface area (Å²) in [7, 11) is 0. The summed E-state index contributed by atoms with van der Waals surface area (Å²) in [6.45, 7) is 10.0. The summed E-state index contributed by atoms with van der Waals surface area (Å²) in [6.07, 6.45) is 2.37. The Morgan fingerprint density at radius 3 is 1.64 bits per heavy atom. The molecule has 0 unspecified atom stereocenters. The second kappa shape index (κ2) is 2.76. The van der Waals surface area contributed by atoms with Gasteiger partial charge in [-0.05, 0) is 26.7 Å². The van der Waals surface area contributed by atoms with Crippen LogP contribution in [0.5, 0.6) is 0 Å². The fourth-order valence-electron chi connectivity index (χ4n) is 1.85. The lowest BCUT2D eigenvalue weighted by Crippen LogP contribution is -2.55. The van der Waals surface area contributed by atoms with Crippen LogP contribution in [-0.2, 0) is 0 Å². The van der Waals surface area contributed by atoms with Crippen molar-refractivity contribution in [3.63, 3.8) is 0 Å². The molecule has 2 N–H and O–H groups in total. The Bertz CT molecular complexity index is 130. The molecule has 0 aromatic heterocycles. The molecule has 11 heavy (non-hydrogen) atoms. The molecular weight excluding hydrogens is 136 g/mol. The molecule has 1 saturated heterocycles. The summed E-state index contributed by atoms with van der Waals surface area (Å²) in [5, 5.41) is 7.03. The topological polar surface area (TPSA) is 24.1 Å². The van der Waals surface area contributed by atoms with Gasteiger partial charge in [-0.25, -0.2) is 0 Å². The molecular formula is C9H20N2. The van der Waals surface area contributed by atoms with Crippen molar-refractivity contribution < 1.29 is 0 Å². The minimum Gasteiger partial charge on any atom is -0.297 e. The number of nitrogens with one attached hydrogen (secondary N) is 2. The Morgan fingerprint density at radius 2 is 1.36 bits per heavy atom. The van der Waals surface area contributed by atoms with Crippen LogP contribution in [0.2, 0.25) is 0 Å². The lowest BCUT2D eigenvalue weighted by Gasteiger charge is -2.39. The van der Waals surface area contributed by atoms with E-state index in [4.69, 9.17) is 0 Å². The molecule has 2 heteroatoms. The number of hydrogen-bond donors (Lipinski definition) is 2. The number of rotatable bonds is 2. The van der Waals surface area contributed by atoms with Crippen molar-refractivity contribution in [3.05, 3.63) is 0 Å². The average Bonchev–Trinajstić information content (AvgIpc) is 2.31. The Balaban J connectivity index is 2.79. The van der Waals surface area contributed by atoms with Crippen molar-refractivity contribution >= 4 is 0 Å². The molecule has 0 spiro atoms. The van der Waals surface area contributed by atoms with Crippen molar-refractivity contribution in [2.45, 2.75) is 51.6 Å². The zero-order chi connectivity index (χ0) is 8.54. The van der Waals surface area contributed by atoms with Crippen LogP contribution in [0.15, 0.2) is 0 Å². The maximum absolute atomic E-state index is 3.51.